The maximum Gasteiger partial charge on any atom is 0.178 e. The summed E-state index contributed by atoms with van der Waals surface area (Å²) in [4.78, 5) is 24.1. The molecule has 4 rings (SSSR count). The molecule has 124 valence electrons. The Morgan fingerprint density at radius 3 is 2.61 bits per heavy atom. The Kier molecular flexibility index (Phi) is 3.08. The quantitative estimate of drug-likeness (QED) is 0.715. The second-order valence-electron chi connectivity index (χ2n) is 8.26. The van der Waals surface area contributed by atoms with Crippen molar-refractivity contribution in [2.24, 2.45) is 28.6 Å². The summed E-state index contributed by atoms with van der Waals surface area (Å²) < 4.78 is 0. The minimum Gasteiger partial charge on any atom is -0.390 e. The zero-order valence-electron chi connectivity index (χ0n) is 13.7. The molecule has 4 aliphatic rings. The van der Waals surface area contributed by atoms with E-state index in [0.717, 1.165) is 19.3 Å². The number of aliphatic hydroxyl groups excluding tert-OH is 2. The van der Waals surface area contributed by atoms with Crippen LogP contribution in [0, 0.1) is 28.6 Å². The van der Waals surface area contributed by atoms with E-state index in [0.29, 0.717) is 17.8 Å². The van der Waals surface area contributed by atoms with Crippen LogP contribution in [0.5, 0.6) is 0 Å². The number of rotatable bonds is 0. The van der Waals surface area contributed by atoms with Crippen LogP contribution in [0.3, 0.4) is 0 Å². The van der Waals surface area contributed by atoms with Gasteiger partial charge in [0, 0.05) is 17.3 Å². The van der Waals surface area contributed by atoms with Crippen LogP contribution in [0.2, 0.25) is 0 Å². The first kappa shape index (κ1) is 15.3. The fourth-order valence-electron chi connectivity index (χ4n) is 5.99. The van der Waals surface area contributed by atoms with Gasteiger partial charge in [0.05, 0.1) is 6.10 Å². The van der Waals surface area contributed by atoms with E-state index in [4.69, 9.17) is 0 Å². The molecular weight excluding hydrogens is 292 g/mol. The molecule has 7 atom stereocenters. The summed E-state index contributed by atoms with van der Waals surface area (Å²) in [5, 5.41) is 21.5. The molecule has 2 N–H and O–H groups in total. The van der Waals surface area contributed by atoms with Crippen molar-refractivity contribution in [3.05, 3.63) is 23.8 Å². The third-order valence-corrected chi connectivity index (χ3v) is 7.36. The normalized spacial score (nSPS) is 51.8. The van der Waals surface area contributed by atoms with Crippen LogP contribution in [-0.4, -0.2) is 34.0 Å². The molecule has 0 amide bonds. The highest BCUT2D eigenvalue weighted by atomic mass is 16.3. The molecule has 0 bridgehead atoms. The Labute approximate surface area is 136 Å². The molecule has 0 aromatic heterocycles. The second-order valence-corrected chi connectivity index (χ2v) is 8.26. The number of carbonyl (C=O) groups is 2. The molecule has 4 aliphatic carbocycles. The molecule has 0 aromatic rings. The van der Waals surface area contributed by atoms with Gasteiger partial charge in [-0.05, 0) is 54.7 Å². The molecule has 4 heteroatoms. The number of aliphatic hydroxyl groups is 2. The Hall–Kier alpha value is -1.26. The van der Waals surface area contributed by atoms with E-state index in [1.807, 2.05) is 13.0 Å². The van der Waals surface area contributed by atoms with Gasteiger partial charge in [-0.2, -0.15) is 0 Å². The molecule has 0 saturated heterocycles. The largest absolute Gasteiger partial charge is 0.390 e. The zero-order chi connectivity index (χ0) is 16.6. The van der Waals surface area contributed by atoms with Crippen LogP contribution >= 0.6 is 0 Å². The molecular formula is C19H24O4. The lowest BCUT2D eigenvalue weighted by Crippen LogP contribution is -2.59. The van der Waals surface area contributed by atoms with Gasteiger partial charge in [0.1, 0.15) is 11.9 Å². The molecule has 4 nitrogen and oxygen atoms in total. The van der Waals surface area contributed by atoms with Gasteiger partial charge in [-0.1, -0.05) is 19.9 Å². The molecule has 0 spiro atoms. The van der Waals surface area contributed by atoms with E-state index in [1.54, 1.807) is 6.08 Å². The van der Waals surface area contributed by atoms with Crippen molar-refractivity contribution in [2.45, 2.75) is 51.7 Å². The first-order valence-electron chi connectivity index (χ1n) is 8.64. The van der Waals surface area contributed by atoms with E-state index in [2.05, 4.69) is 6.92 Å². The zero-order valence-corrected chi connectivity index (χ0v) is 13.7. The molecule has 23 heavy (non-hydrogen) atoms. The monoisotopic (exact) mass is 316 g/mol. The van der Waals surface area contributed by atoms with Gasteiger partial charge in [0.25, 0.3) is 0 Å². The van der Waals surface area contributed by atoms with Gasteiger partial charge < -0.3 is 10.2 Å². The van der Waals surface area contributed by atoms with Crippen molar-refractivity contribution in [2.75, 3.05) is 0 Å². The first-order chi connectivity index (χ1) is 10.8. The minimum absolute atomic E-state index is 0.0878. The number of hydrogen-bond donors (Lipinski definition) is 2. The number of Topliss-reactive ketones (excluding diaryl/α,β-unsaturated/α-hetero) is 1. The number of carbonyl (C=O) groups excluding carboxylic acids is 2. The molecule has 0 aromatic carbocycles. The molecule has 0 aliphatic heterocycles. The van der Waals surface area contributed by atoms with Gasteiger partial charge >= 0.3 is 0 Å². The maximum absolute atomic E-state index is 12.4. The lowest BCUT2D eigenvalue weighted by molar-refractivity contribution is -0.146. The Morgan fingerprint density at radius 2 is 1.87 bits per heavy atom. The van der Waals surface area contributed by atoms with E-state index in [-0.39, 0.29) is 29.0 Å². The lowest BCUT2D eigenvalue weighted by Gasteiger charge is -2.58. The number of ketones is 2. The topological polar surface area (TPSA) is 74.6 Å². The number of fused-ring (bicyclic) bond motifs is 5. The van der Waals surface area contributed by atoms with Gasteiger partial charge in [-0.15, -0.1) is 0 Å². The highest BCUT2D eigenvalue weighted by Crippen LogP contribution is 2.63. The van der Waals surface area contributed by atoms with E-state index < -0.39 is 17.6 Å². The average Bonchev–Trinajstić information content (AvgIpc) is 2.82. The fraction of sp³-hybridized carbons (Fsp3) is 0.684. The molecule has 0 radical (unpaired) electrons. The van der Waals surface area contributed by atoms with E-state index >= 15 is 0 Å². The van der Waals surface area contributed by atoms with Crippen LogP contribution in [0.4, 0.5) is 0 Å². The van der Waals surface area contributed by atoms with Gasteiger partial charge in [0.2, 0.25) is 0 Å². The number of allylic oxidation sites excluding steroid dienone is 3. The third-order valence-electron chi connectivity index (χ3n) is 7.36. The fourth-order valence-corrected chi connectivity index (χ4v) is 5.99. The summed E-state index contributed by atoms with van der Waals surface area (Å²) in [5.41, 5.74) is -0.107. The van der Waals surface area contributed by atoms with Crippen LogP contribution in [0.15, 0.2) is 23.8 Å². The minimum atomic E-state index is -1.02. The molecule has 0 heterocycles. The lowest BCUT2D eigenvalue weighted by atomic mass is 9.47. The van der Waals surface area contributed by atoms with Crippen LogP contribution in [0.25, 0.3) is 0 Å². The van der Waals surface area contributed by atoms with Crippen LogP contribution in [-0.2, 0) is 9.59 Å². The van der Waals surface area contributed by atoms with Crippen LogP contribution < -0.4 is 0 Å². The Bertz CT molecular complexity index is 648. The average molecular weight is 316 g/mol. The van der Waals surface area contributed by atoms with Crippen molar-refractivity contribution < 1.29 is 19.8 Å². The van der Waals surface area contributed by atoms with Crippen molar-refractivity contribution >= 4 is 11.6 Å². The molecule has 0 unspecified atom stereocenters. The summed E-state index contributed by atoms with van der Waals surface area (Å²) in [5.74, 6) is 0.390. The smallest absolute Gasteiger partial charge is 0.178 e. The summed E-state index contributed by atoms with van der Waals surface area (Å²) >= 11 is 0. The SMILES string of the molecule is C[C@]12C=CC(=O)C=C1[C@H](O)[C@H](O)[C@@H]1[C@@H]2CC[C@]2(C)C(=O)CC[C@@H]12. The molecule has 3 fully saturated rings. The second kappa shape index (κ2) is 4.64. The number of hydrogen-bond acceptors (Lipinski definition) is 4. The summed E-state index contributed by atoms with van der Waals surface area (Å²) in [6.07, 6.45) is 6.15. The van der Waals surface area contributed by atoms with Crippen molar-refractivity contribution in [1.29, 1.82) is 0 Å². The Morgan fingerprint density at radius 1 is 1.13 bits per heavy atom. The van der Waals surface area contributed by atoms with Crippen molar-refractivity contribution in [3.8, 4) is 0 Å². The molecule has 3 saturated carbocycles. The van der Waals surface area contributed by atoms with Crippen molar-refractivity contribution in [3.63, 3.8) is 0 Å². The summed E-state index contributed by atoms with van der Waals surface area (Å²) in [6, 6.07) is 0. The van der Waals surface area contributed by atoms with Gasteiger partial charge in [-0.3, -0.25) is 9.59 Å². The van der Waals surface area contributed by atoms with Gasteiger partial charge in [0.15, 0.2) is 5.78 Å². The van der Waals surface area contributed by atoms with Crippen molar-refractivity contribution in [1.82, 2.24) is 0 Å². The van der Waals surface area contributed by atoms with Gasteiger partial charge in [-0.25, -0.2) is 0 Å². The van der Waals surface area contributed by atoms with E-state index in [9.17, 15) is 19.8 Å². The summed E-state index contributed by atoms with van der Waals surface area (Å²) in [7, 11) is 0. The third kappa shape index (κ3) is 1.79. The summed E-state index contributed by atoms with van der Waals surface area (Å²) in [6.45, 7) is 4.10. The highest BCUT2D eigenvalue weighted by molar-refractivity contribution is 6.01. The highest BCUT2D eigenvalue weighted by Gasteiger charge is 2.62. The van der Waals surface area contributed by atoms with Crippen LogP contribution in [0.1, 0.15) is 39.5 Å². The standard InChI is InChI=1S/C19H24O4/c1-18-7-5-10(20)9-13(18)16(22)17(23)15-11-3-4-14(21)19(11,2)8-6-12(15)18/h5,7,9,11-12,15-17,22-23H,3-4,6,8H2,1-2H3/t11-,12-,15-,16-,17+,18+,19-/m0/s1. The maximum atomic E-state index is 12.4. The Balaban J connectivity index is 1.81. The first-order valence-corrected chi connectivity index (χ1v) is 8.64. The predicted octanol–water partition coefficient (Wildman–Crippen LogP) is 1.81. The van der Waals surface area contributed by atoms with E-state index in [1.165, 1.54) is 6.08 Å². The predicted molar refractivity (Wildman–Crippen MR) is 84.4 cm³/mol.